The van der Waals surface area contributed by atoms with Gasteiger partial charge in [0.15, 0.2) is 0 Å². The predicted octanol–water partition coefficient (Wildman–Crippen LogP) is 3.92. The summed E-state index contributed by atoms with van der Waals surface area (Å²) >= 11 is 0. The van der Waals surface area contributed by atoms with Crippen LogP contribution in [0.15, 0.2) is 48.5 Å². The number of benzene rings is 2. The molecule has 5 nitrogen and oxygen atoms in total. The van der Waals surface area contributed by atoms with Gasteiger partial charge in [0.2, 0.25) is 5.82 Å². The molecule has 3 rings (SSSR count). The summed E-state index contributed by atoms with van der Waals surface area (Å²) in [5.74, 6) is -0.402. The molecule has 0 fully saturated rings. The smallest absolute Gasteiger partial charge is 0.204 e. The predicted molar refractivity (Wildman–Crippen MR) is 99.8 cm³/mol. The quantitative estimate of drug-likeness (QED) is 0.535. The molecule has 1 heterocycles. The third-order valence-electron chi connectivity index (χ3n) is 4.34. The average Bonchev–Trinajstić information content (AvgIpc) is 3.13. The summed E-state index contributed by atoms with van der Waals surface area (Å²) in [6.45, 7) is 2.03. The van der Waals surface area contributed by atoms with Crippen LogP contribution in [0.1, 0.15) is 24.8 Å². The lowest BCUT2D eigenvalue weighted by Gasteiger charge is -2.17. The first-order chi connectivity index (χ1) is 13.1. The number of hydrogen-bond donors (Lipinski definition) is 0. The molecular formula is C20H23F2N5. The molecular weight excluding hydrogens is 348 g/mol. The number of unbranched alkanes of at least 4 members (excludes halogenated alkanes) is 2. The lowest BCUT2D eigenvalue weighted by atomic mass is 10.2. The van der Waals surface area contributed by atoms with Gasteiger partial charge in [-0.15, -0.1) is 10.2 Å². The van der Waals surface area contributed by atoms with Gasteiger partial charge in [0.1, 0.15) is 11.6 Å². The Hall–Kier alpha value is -2.67. The minimum atomic E-state index is -0.545. The molecule has 0 saturated heterocycles. The third kappa shape index (κ3) is 5.65. The molecule has 7 heteroatoms. The Labute approximate surface area is 157 Å². The zero-order chi connectivity index (χ0) is 19.1. The van der Waals surface area contributed by atoms with Crippen LogP contribution < -0.4 is 0 Å². The minimum absolute atomic E-state index is 0.469. The number of aromatic nitrogens is 4. The summed E-state index contributed by atoms with van der Waals surface area (Å²) in [6.07, 6.45) is 2.95. The lowest BCUT2D eigenvalue weighted by Crippen LogP contribution is -2.20. The van der Waals surface area contributed by atoms with Crippen LogP contribution >= 0.6 is 0 Å². The Bertz CT molecular complexity index is 851. The molecule has 0 aliphatic rings. The highest BCUT2D eigenvalue weighted by atomic mass is 19.1. The Kier molecular flexibility index (Phi) is 6.59. The zero-order valence-corrected chi connectivity index (χ0v) is 15.4. The van der Waals surface area contributed by atoms with Crippen LogP contribution in [-0.2, 0) is 13.1 Å². The van der Waals surface area contributed by atoms with Crippen LogP contribution in [0.5, 0.6) is 0 Å². The van der Waals surface area contributed by atoms with E-state index in [0.717, 1.165) is 44.0 Å². The first kappa shape index (κ1) is 19.1. The van der Waals surface area contributed by atoms with Crippen LogP contribution in [0.4, 0.5) is 8.78 Å². The summed E-state index contributed by atoms with van der Waals surface area (Å²) < 4.78 is 26.6. The van der Waals surface area contributed by atoms with Gasteiger partial charge in [-0.3, -0.25) is 0 Å². The molecule has 3 aromatic rings. The van der Waals surface area contributed by atoms with E-state index in [4.69, 9.17) is 0 Å². The van der Waals surface area contributed by atoms with E-state index in [9.17, 15) is 8.78 Å². The first-order valence-electron chi connectivity index (χ1n) is 9.07. The zero-order valence-electron chi connectivity index (χ0n) is 15.4. The molecule has 142 valence electrons. The molecule has 0 aliphatic carbocycles. The maximum Gasteiger partial charge on any atom is 0.204 e. The molecule has 0 spiro atoms. The van der Waals surface area contributed by atoms with E-state index in [2.05, 4.69) is 15.4 Å². The van der Waals surface area contributed by atoms with Gasteiger partial charge in [-0.1, -0.05) is 42.8 Å². The second-order valence-corrected chi connectivity index (χ2v) is 6.61. The van der Waals surface area contributed by atoms with Crippen molar-refractivity contribution in [3.05, 3.63) is 65.7 Å². The number of halogens is 2. The number of nitrogens with zero attached hydrogens (tertiary/aromatic N) is 5. The van der Waals surface area contributed by atoms with Crippen LogP contribution in [0.3, 0.4) is 0 Å². The van der Waals surface area contributed by atoms with E-state index < -0.39 is 11.6 Å². The Morgan fingerprint density at radius 3 is 2.59 bits per heavy atom. The fraction of sp³-hybridized carbons (Fsp3) is 0.350. The van der Waals surface area contributed by atoms with Crippen molar-refractivity contribution < 1.29 is 8.78 Å². The van der Waals surface area contributed by atoms with Crippen molar-refractivity contribution in [2.45, 2.75) is 32.4 Å². The fourth-order valence-corrected chi connectivity index (χ4v) is 2.87. The highest BCUT2D eigenvalue weighted by Crippen LogP contribution is 2.13. The van der Waals surface area contributed by atoms with Gasteiger partial charge in [0.25, 0.3) is 0 Å². The van der Waals surface area contributed by atoms with Gasteiger partial charge in [-0.25, -0.2) is 8.78 Å². The maximum absolute atomic E-state index is 13.7. The second kappa shape index (κ2) is 9.32. The molecule has 0 radical (unpaired) electrons. The van der Waals surface area contributed by atoms with Crippen LogP contribution in [0.2, 0.25) is 0 Å². The van der Waals surface area contributed by atoms with E-state index in [0.29, 0.717) is 17.9 Å². The van der Waals surface area contributed by atoms with Crippen LogP contribution in [0, 0.1) is 11.6 Å². The van der Waals surface area contributed by atoms with Gasteiger partial charge in [-0.05, 0) is 37.7 Å². The first-order valence-corrected chi connectivity index (χ1v) is 9.07. The summed E-state index contributed by atoms with van der Waals surface area (Å²) in [5, 5.41) is 12.6. The molecule has 0 saturated carbocycles. The average molecular weight is 371 g/mol. The highest BCUT2D eigenvalue weighted by molar-refractivity contribution is 5.52. The van der Waals surface area contributed by atoms with Crippen LogP contribution in [0.25, 0.3) is 11.4 Å². The lowest BCUT2D eigenvalue weighted by molar-refractivity contribution is 0.309. The molecule has 27 heavy (non-hydrogen) atoms. The fourth-order valence-electron chi connectivity index (χ4n) is 2.87. The van der Waals surface area contributed by atoms with Crippen molar-refractivity contribution in [3.63, 3.8) is 0 Å². The topological polar surface area (TPSA) is 46.8 Å². The van der Waals surface area contributed by atoms with Crippen molar-refractivity contribution in [1.29, 1.82) is 0 Å². The molecule has 0 N–H and O–H groups in total. The SMILES string of the molecule is CN(CCCCCn1nnc(-c2ccccc2)n1)Cc1ccc(F)cc1F. The normalized spacial score (nSPS) is 11.3. The van der Waals surface area contributed by atoms with E-state index in [1.54, 1.807) is 4.80 Å². The third-order valence-corrected chi connectivity index (χ3v) is 4.34. The Morgan fingerprint density at radius 2 is 1.81 bits per heavy atom. The van der Waals surface area contributed by atoms with E-state index in [-0.39, 0.29) is 0 Å². The van der Waals surface area contributed by atoms with Crippen molar-refractivity contribution >= 4 is 0 Å². The molecule has 1 aromatic heterocycles. The van der Waals surface area contributed by atoms with Crippen molar-refractivity contribution in [3.8, 4) is 11.4 Å². The van der Waals surface area contributed by atoms with E-state index in [1.165, 1.54) is 12.1 Å². The number of hydrogen-bond acceptors (Lipinski definition) is 4. The maximum atomic E-state index is 13.7. The van der Waals surface area contributed by atoms with Gasteiger partial charge in [-0.2, -0.15) is 4.80 Å². The standard InChI is InChI=1S/C20H23F2N5/c1-26(15-17-10-11-18(21)14-19(17)22)12-6-3-7-13-27-24-20(23-25-27)16-8-4-2-5-9-16/h2,4-5,8-11,14H,3,6-7,12-13,15H2,1H3. The number of rotatable bonds is 9. The van der Waals surface area contributed by atoms with E-state index in [1.807, 2.05) is 42.3 Å². The second-order valence-electron chi connectivity index (χ2n) is 6.61. The van der Waals surface area contributed by atoms with Crippen molar-refractivity contribution in [2.24, 2.45) is 0 Å². The Balaban J connectivity index is 1.36. The van der Waals surface area contributed by atoms with Gasteiger partial charge >= 0.3 is 0 Å². The molecule has 2 aromatic carbocycles. The molecule has 0 atom stereocenters. The summed E-state index contributed by atoms with van der Waals surface area (Å²) in [6, 6.07) is 13.5. The Morgan fingerprint density at radius 1 is 1.00 bits per heavy atom. The van der Waals surface area contributed by atoms with Crippen LogP contribution in [-0.4, -0.2) is 38.7 Å². The molecule has 0 amide bonds. The van der Waals surface area contributed by atoms with Crippen molar-refractivity contribution in [1.82, 2.24) is 25.1 Å². The summed E-state index contributed by atoms with van der Waals surface area (Å²) in [7, 11) is 1.94. The largest absolute Gasteiger partial charge is 0.302 e. The summed E-state index contributed by atoms with van der Waals surface area (Å²) in [5.41, 5.74) is 1.47. The molecule has 0 unspecified atom stereocenters. The van der Waals surface area contributed by atoms with Gasteiger partial charge in [0.05, 0.1) is 6.54 Å². The van der Waals surface area contributed by atoms with Gasteiger partial charge in [0, 0.05) is 23.7 Å². The number of tetrazole rings is 1. The summed E-state index contributed by atoms with van der Waals surface area (Å²) in [4.78, 5) is 3.66. The molecule has 0 aliphatic heterocycles. The molecule has 0 bridgehead atoms. The van der Waals surface area contributed by atoms with Crippen molar-refractivity contribution in [2.75, 3.05) is 13.6 Å². The number of aryl methyl sites for hydroxylation is 1. The monoisotopic (exact) mass is 371 g/mol. The van der Waals surface area contributed by atoms with Gasteiger partial charge < -0.3 is 4.90 Å². The van der Waals surface area contributed by atoms with E-state index >= 15 is 0 Å². The minimum Gasteiger partial charge on any atom is -0.302 e. The highest BCUT2D eigenvalue weighted by Gasteiger charge is 2.07.